The van der Waals surface area contributed by atoms with Gasteiger partial charge in [0.05, 0.1) is 31.8 Å². The largest absolute Gasteiger partial charge is 0.481 e. The molecule has 0 aliphatic heterocycles. The lowest BCUT2D eigenvalue weighted by Gasteiger charge is -2.28. The number of benzene rings is 2. The van der Waals surface area contributed by atoms with Gasteiger partial charge in [0.2, 0.25) is 100 Å². The van der Waals surface area contributed by atoms with Crippen molar-refractivity contribution in [3.8, 4) is 0 Å². The van der Waals surface area contributed by atoms with Crippen molar-refractivity contribution in [1.82, 2.24) is 90.4 Å². The Labute approximate surface area is 702 Å². The maximum Gasteiger partial charge on any atom is 0.327 e. The topological polar surface area (TPSA) is 712 Å². The lowest BCUT2D eigenvalue weighted by molar-refractivity contribution is -0.141. The molecule has 28 N–H and O–H groups in total. The lowest BCUT2D eigenvalue weighted by atomic mass is 10.00. The second kappa shape index (κ2) is 55.8. The molecule has 46 heteroatoms. The maximum absolute atomic E-state index is 14.4. The molecule has 44 nitrogen and oxygen atoms in total. The van der Waals surface area contributed by atoms with Crippen LogP contribution < -0.4 is 108 Å². The Kier molecular flexibility index (Phi) is 48.5. The molecule has 0 fully saturated rings. The van der Waals surface area contributed by atoms with Crippen molar-refractivity contribution in [2.24, 2.45) is 23.1 Å². The second-order valence-electron chi connectivity index (χ2n) is 28.2. The third kappa shape index (κ3) is 42.1. The number of carbonyl (C=O) groups excluding carboxylic acids is 17. The van der Waals surface area contributed by atoms with Gasteiger partial charge in [-0.1, -0.05) is 74.5 Å². The summed E-state index contributed by atoms with van der Waals surface area (Å²) in [5.41, 5.74) is 17.3. The van der Waals surface area contributed by atoms with Crippen molar-refractivity contribution >= 4 is 143 Å². The fraction of sp³-hybridized carbons (Fsp3) is 0.568. The van der Waals surface area contributed by atoms with Gasteiger partial charge in [0.1, 0.15) is 72.5 Å². The van der Waals surface area contributed by atoms with Crippen LogP contribution >= 0.6 is 24.4 Å². The SMILES string of the molecule is CSCC[C@H](NC(=O)CN)C(=O)N[C@H](C(=O)N[C@@H](Cc1ccccc1)C(=O)N[C@@H](CCCNC(=N)N)C(=O)N[C@@H](C)C(=O)N[C@@H](CCC(N)=O)C(=O)N[C@@H](CCC(=O)O)C(=O)NCC(=O)N[C@@H](C)C(=O)N[C@@H](Cc1ccccc1)C(=O)N[C@@H](CC(C)C)C(=O)N[C@H](C(=O)NCC(=O)NCCC(=O)NCCC(=O)N[C@@H](CS)C(=O)O)[C@@H](C)O)[C@@H](C)O. The van der Waals surface area contributed by atoms with Crippen LogP contribution in [0.3, 0.4) is 0 Å². The number of aliphatic hydroxyl groups excluding tert-OH is 2. The first-order chi connectivity index (χ1) is 56.6. The minimum absolute atomic E-state index is 0.0153. The van der Waals surface area contributed by atoms with Gasteiger partial charge in [0.15, 0.2) is 5.96 Å². The Balaban J connectivity index is 2.30. The van der Waals surface area contributed by atoms with E-state index in [0.717, 1.165) is 13.8 Å². The zero-order valence-corrected chi connectivity index (χ0v) is 69.4. The van der Waals surface area contributed by atoms with E-state index in [4.69, 9.17) is 27.7 Å². The van der Waals surface area contributed by atoms with Crippen molar-refractivity contribution < 1.29 is 112 Å². The van der Waals surface area contributed by atoms with Crippen molar-refractivity contribution in [1.29, 1.82) is 5.41 Å². The van der Waals surface area contributed by atoms with Crippen LogP contribution in [0.25, 0.3) is 0 Å². The molecule has 2 rings (SSSR count). The van der Waals surface area contributed by atoms with Gasteiger partial charge >= 0.3 is 11.9 Å². The van der Waals surface area contributed by atoms with Gasteiger partial charge in [0, 0.05) is 63.9 Å². The van der Waals surface area contributed by atoms with Crippen LogP contribution in [0, 0.1) is 11.3 Å². The molecular weight excluding hydrogens is 1620 g/mol. The summed E-state index contributed by atoms with van der Waals surface area (Å²) in [4.78, 5) is 252. The number of primary amides is 1. The summed E-state index contributed by atoms with van der Waals surface area (Å²) in [7, 11) is 0. The average molecular weight is 1730 g/mol. The molecule has 0 radical (unpaired) electrons. The number of carbonyl (C=O) groups is 19. The number of amides is 17. The first kappa shape index (κ1) is 104. The monoisotopic (exact) mass is 1730 g/mol. The van der Waals surface area contributed by atoms with E-state index in [1.165, 1.54) is 25.6 Å². The van der Waals surface area contributed by atoms with Crippen LogP contribution in [0.4, 0.5) is 0 Å². The molecule has 0 aliphatic rings. The number of hydrogen-bond acceptors (Lipinski definition) is 25. The molecule has 2 aromatic carbocycles. The second-order valence-corrected chi connectivity index (χ2v) is 29.5. The quantitative estimate of drug-likeness (QED) is 0.0127. The smallest absolute Gasteiger partial charge is 0.327 e. The fourth-order valence-electron chi connectivity index (χ4n) is 11.0. The summed E-state index contributed by atoms with van der Waals surface area (Å²) in [6.07, 6.45) is -5.06. The molecule has 0 aromatic heterocycles. The minimum Gasteiger partial charge on any atom is -0.481 e. The Morgan fingerprint density at radius 3 is 1.32 bits per heavy atom. The third-order valence-electron chi connectivity index (χ3n) is 17.5. The molecule has 0 saturated heterocycles. The van der Waals surface area contributed by atoms with Gasteiger partial charge in [-0.2, -0.15) is 24.4 Å². The molecule has 0 saturated carbocycles. The van der Waals surface area contributed by atoms with Gasteiger partial charge in [-0.15, -0.1) is 0 Å². The van der Waals surface area contributed by atoms with Gasteiger partial charge in [0.25, 0.3) is 0 Å². The summed E-state index contributed by atoms with van der Waals surface area (Å²) in [6, 6.07) is -2.09. The molecule has 0 bridgehead atoms. The summed E-state index contributed by atoms with van der Waals surface area (Å²) in [5.74, 6) is -19.3. The average Bonchev–Trinajstić information content (AvgIpc) is 0.852. The highest BCUT2D eigenvalue weighted by Crippen LogP contribution is 2.13. The molecule has 120 heavy (non-hydrogen) atoms. The molecule has 0 heterocycles. The predicted molar refractivity (Wildman–Crippen MR) is 437 cm³/mol. The first-order valence-corrected chi connectivity index (χ1v) is 40.4. The van der Waals surface area contributed by atoms with E-state index >= 15 is 0 Å². The van der Waals surface area contributed by atoms with Crippen LogP contribution in [-0.2, 0) is 104 Å². The summed E-state index contributed by atoms with van der Waals surface area (Å²) in [5, 5.41) is 88.8. The number of carboxylic acid groups (broad SMARTS) is 2. The number of aliphatic carboxylic acids is 2. The molecule has 17 amide bonds. The normalized spacial score (nSPS) is 14.4. The number of nitrogens with two attached hydrogens (primary N) is 3. The van der Waals surface area contributed by atoms with E-state index in [0.29, 0.717) is 16.9 Å². The summed E-state index contributed by atoms with van der Waals surface area (Å²) < 4.78 is 0. The van der Waals surface area contributed by atoms with Crippen molar-refractivity contribution in [3.63, 3.8) is 0 Å². The van der Waals surface area contributed by atoms with Crippen LogP contribution in [0.2, 0.25) is 0 Å². The van der Waals surface area contributed by atoms with E-state index < -0.39 is 248 Å². The number of nitrogens with one attached hydrogen (secondary N) is 18. The summed E-state index contributed by atoms with van der Waals surface area (Å²) >= 11 is 5.22. The van der Waals surface area contributed by atoms with E-state index in [1.54, 1.807) is 80.8 Å². The van der Waals surface area contributed by atoms with Crippen molar-refractivity contribution in [3.05, 3.63) is 71.8 Å². The summed E-state index contributed by atoms with van der Waals surface area (Å²) in [6.45, 7) is 5.67. The first-order valence-electron chi connectivity index (χ1n) is 38.3. The van der Waals surface area contributed by atoms with Gasteiger partial charge in [-0.25, -0.2) is 4.79 Å². The maximum atomic E-state index is 14.4. The Morgan fingerprint density at radius 1 is 0.408 bits per heavy atom. The molecule has 14 atom stereocenters. The highest BCUT2D eigenvalue weighted by atomic mass is 32.2. The zero-order chi connectivity index (χ0) is 90.3. The van der Waals surface area contributed by atoms with Crippen LogP contribution in [0.5, 0.6) is 0 Å². The number of aliphatic hydroxyl groups is 2. The van der Waals surface area contributed by atoms with E-state index in [-0.39, 0.29) is 82.7 Å². The number of hydrogen-bond donors (Lipinski definition) is 26. The van der Waals surface area contributed by atoms with Crippen molar-refractivity contribution in [2.45, 2.75) is 203 Å². The van der Waals surface area contributed by atoms with Gasteiger partial charge < -0.3 is 128 Å². The fourth-order valence-corrected chi connectivity index (χ4v) is 11.7. The van der Waals surface area contributed by atoms with Crippen molar-refractivity contribution in [2.75, 3.05) is 57.0 Å². The van der Waals surface area contributed by atoms with E-state index in [2.05, 4.69) is 103 Å². The highest BCUT2D eigenvalue weighted by molar-refractivity contribution is 7.98. The number of rotatable bonds is 57. The Hall–Kier alpha value is -11.8. The number of guanidine groups is 1. The highest BCUT2D eigenvalue weighted by Gasteiger charge is 2.38. The molecule has 666 valence electrons. The van der Waals surface area contributed by atoms with Crippen LogP contribution in [-0.4, -0.2) is 280 Å². The van der Waals surface area contributed by atoms with Crippen LogP contribution in [0.1, 0.15) is 117 Å². The van der Waals surface area contributed by atoms with E-state index in [9.17, 15) is 106 Å². The molecular formula is C74H115N21O23S2. The zero-order valence-electron chi connectivity index (χ0n) is 67.7. The molecule has 2 aromatic rings. The Bertz CT molecular complexity index is 3830. The number of thioether (sulfide) groups is 1. The van der Waals surface area contributed by atoms with E-state index in [1.807, 2.05) is 0 Å². The Morgan fingerprint density at radius 2 is 0.825 bits per heavy atom. The standard InChI is InChI=1S/C74H115N21O23S2/c1-38(2)31-49(70(114)94-60(41(5)96)71(115)83-35-57(102)80-28-24-54(99)79-29-25-55(100)87-52(37-119)73(117)118)92-69(113)50(32-43-15-10-8-11-16-43)91-62(106)39(3)84-58(103)36-82-64(108)46(21-23-59(104)105)90-66(110)47(20-22-53(76)98)88-63(107)40(4)85-65(109)45(19-14-27-81-74(77)78)89-68(112)51(33-44-17-12-9-13-18-44)93-72(116)61(42(6)97)95-67(111)48(26-30-120-7)86-56(101)34-75/h8-13,15-18,38-42,45-52,60-61,96-97,119H,14,19-37,75H2,1-7H3,(H2,76,98)(H,79,99)(H,80,102)(H,82,108)(H,83,115)(H,84,103)(H,85,109)(H,86,101)(H,87,100)(H,88,107)(H,89,112)(H,90,110)(H,91,106)(H,92,113)(H,93,116)(H,94,114)(H,95,111)(H,104,105)(H,117,118)(H4,77,78,81)/t39-,40-,41+,42+,45-,46-,47-,48-,49-,50-,51-,52-,60-,61-/m0/s1. The number of carboxylic acids is 2. The lowest BCUT2D eigenvalue weighted by Crippen LogP contribution is -2.61. The van der Waals surface area contributed by atoms with Gasteiger partial charge in [-0.05, 0) is 95.3 Å². The molecule has 0 aliphatic carbocycles. The molecule has 0 unspecified atom stereocenters. The minimum atomic E-state index is -1.79. The van der Waals surface area contributed by atoms with Crippen LogP contribution in [0.15, 0.2) is 60.7 Å². The third-order valence-corrected chi connectivity index (χ3v) is 18.5. The predicted octanol–water partition coefficient (Wildman–Crippen LogP) is -8.50. The molecule has 0 spiro atoms. The van der Waals surface area contributed by atoms with Gasteiger partial charge in [-0.3, -0.25) is 91.7 Å². The number of thiol groups is 1.